The first kappa shape index (κ1) is 26.8. The summed E-state index contributed by atoms with van der Waals surface area (Å²) in [7, 11) is -1.95. The van der Waals surface area contributed by atoms with Crippen molar-refractivity contribution in [2.75, 3.05) is 32.5 Å². The summed E-state index contributed by atoms with van der Waals surface area (Å²) in [6, 6.07) is 13.5. The molecule has 1 N–H and O–H groups in total. The molecule has 4 rings (SSSR count). The molecular formula is C25H29N5O5S2. The van der Waals surface area contributed by atoms with Crippen LogP contribution in [0.2, 0.25) is 0 Å². The van der Waals surface area contributed by atoms with Gasteiger partial charge in [-0.15, -0.1) is 10.2 Å². The fourth-order valence-corrected chi connectivity index (χ4v) is 6.40. The largest absolute Gasteiger partial charge is 0.497 e. The number of sulfonamides is 1. The second-order valence-electron chi connectivity index (χ2n) is 8.52. The fraction of sp³-hybridized carbons (Fsp3) is 0.360. The van der Waals surface area contributed by atoms with E-state index in [0.717, 1.165) is 18.5 Å². The zero-order valence-corrected chi connectivity index (χ0v) is 22.3. The van der Waals surface area contributed by atoms with E-state index in [1.54, 1.807) is 19.2 Å². The highest BCUT2D eigenvalue weighted by Crippen LogP contribution is 2.26. The number of hydrogen-bond acceptors (Lipinski definition) is 8. The van der Waals surface area contributed by atoms with Crippen LogP contribution < -0.4 is 10.1 Å². The number of carbonyl (C=O) groups is 2. The first-order chi connectivity index (χ1) is 17.8. The third-order valence-corrected chi connectivity index (χ3v) is 8.79. The maximum absolute atomic E-state index is 12.9. The summed E-state index contributed by atoms with van der Waals surface area (Å²) in [5.74, 6) is 1.09. The number of Topliss-reactive ketones (excluding diaryl/α,β-unsaturated/α-hetero) is 1. The summed E-state index contributed by atoms with van der Waals surface area (Å²) >= 11 is 1.23. The lowest BCUT2D eigenvalue weighted by atomic mass is 10.1. The molecule has 1 saturated heterocycles. The smallest absolute Gasteiger partial charge is 0.243 e. The summed E-state index contributed by atoms with van der Waals surface area (Å²) in [6.07, 6.45) is 2.18. The number of amides is 1. The number of ether oxygens (including phenoxy) is 1. The number of nitrogens with zero attached hydrogens (tertiary/aromatic N) is 4. The SMILES string of the molecule is COc1cccc(-n2c(CCNC(C)=O)nnc2SCC(=O)c2ccc(S(=O)(=O)N3CCCC3)cc2)c1. The lowest BCUT2D eigenvalue weighted by Crippen LogP contribution is -2.27. The van der Waals surface area contributed by atoms with Gasteiger partial charge in [0.05, 0.1) is 23.4 Å². The van der Waals surface area contributed by atoms with Gasteiger partial charge < -0.3 is 10.1 Å². The average molecular weight is 544 g/mol. The van der Waals surface area contributed by atoms with Gasteiger partial charge in [0.25, 0.3) is 0 Å². The maximum atomic E-state index is 12.9. The van der Waals surface area contributed by atoms with Crippen LogP contribution in [0.15, 0.2) is 58.6 Å². The molecule has 0 radical (unpaired) electrons. The van der Waals surface area contributed by atoms with Gasteiger partial charge in [0.15, 0.2) is 10.9 Å². The Hall–Kier alpha value is -3.22. The summed E-state index contributed by atoms with van der Waals surface area (Å²) < 4.78 is 34.2. The Balaban J connectivity index is 1.50. The van der Waals surface area contributed by atoms with Crippen molar-refractivity contribution >= 4 is 33.5 Å². The van der Waals surface area contributed by atoms with Crippen molar-refractivity contribution in [2.45, 2.75) is 36.2 Å². The highest BCUT2D eigenvalue weighted by atomic mass is 32.2. The first-order valence-corrected chi connectivity index (χ1v) is 14.3. The molecule has 0 spiro atoms. The van der Waals surface area contributed by atoms with Crippen LogP contribution >= 0.6 is 11.8 Å². The fourth-order valence-electron chi connectivity index (χ4n) is 4.02. The molecule has 0 bridgehead atoms. The molecule has 196 valence electrons. The van der Waals surface area contributed by atoms with Crippen LogP contribution in [-0.4, -0.2) is 71.7 Å². The Morgan fingerprint density at radius 3 is 2.49 bits per heavy atom. The molecule has 0 saturated carbocycles. The van der Waals surface area contributed by atoms with Gasteiger partial charge in [-0.25, -0.2) is 8.42 Å². The number of hydrogen-bond donors (Lipinski definition) is 1. The minimum absolute atomic E-state index is 0.0893. The van der Waals surface area contributed by atoms with Gasteiger partial charge in [-0.1, -0.05) is 30.0 Å². The van der Waals surface area contributed by atoms with E-state index in [0.29, 0.717) is 48.3 Å². The predicted molar refractivity (Wildman–Crippen MR) is 140 cm³/mol. The van der Waals surface area contributed by atoms with Crippen molar-refractivity contribution in [3.63, 3.8) is 0 Å². The molecule has 1 aliphatic heterocycles. The molecular weight excluding hydrogens is 514 g/mol. The molecule has 37 heavy (non-hydrogen) atoms. The number of nitrogens with one attached hydrogen (secondary N) is 1. The van der Waals surface area contributed by atoms with Crippen molar-refractivity contribution in [1.82, 2.24) is 24.4 Å². The summed E-state index contributed by atoms with van der Waals surface area (Å²) in [5, 5.41) is 11.9. The third-order valence-electron chi connectivity index (χ3n) is 5.95. The number of ketones is 1. The Labute approximate surface area is 220 Å². The van der Waals surface area contributed by atoms with Crippen LogP contribution in [0.1, 0.15) is 35.9 Å². The third kappa shape index (κ3) is 6.38. The number of carbonyl (C=O) groups excluding carboxylic acids is 2. The van der Waals surface area contributed by atoms with E-state index in [1.165, 1.54) is 35.1 Å². The molecule has 0 aliphatic carbocycles. The van der Waals surface area contributed by atoms with Gasteiger partial charge in [-0.3, -0.25) is 14.2 Å². The van der Waals surface area contributed by atoms with E-state index in [9.17, 15) is 18.0 Å². The van der Waals surface area contributed by atoms with Gasteiger partial charge in [0, 0.05) is 44.6 Å². The molecule has 0 atom stereocenters. The Kier molecular flexibility index (Phi) is 8.62. The van der Waals surface area contributed by atoms with Crippen molar-refractivity contribution in [3.8, 4) is 11.4 Å². The van der Waals surface area contributed by atoms with Gasteiger partial charge >= 0.3 is 0 Å². The van der Waals surface area contributed by atoms with Gasteiger partial charge in [0.1, 0.15) is 11.6 Å². The monoisotopic (exact) mass is 543 g/mol. The standard InChI is InChI=1S/C25H29N5O5S2/c1-18(31)26-13-12-24-27-28-25(30(24)20-6-5-7-21(16-20)35-2)36-17-23(32)19-8-10-22(11-9-19)37(33,34)29-14-3-4-15-29/h5-11,16H,3-4,12-15,17H2,1-2H3,(H,26,31). The molecule has 3 aromatic rings. The van der Waals surface area contributed by atoms with Crippen molar-refractivity contribution in [3.05, 3.63) is 59.9 Å². The zero-order valence-electron chi connectivity index (χ0n) is 20.7. The van der Waals surface area contributed by atoms with Gasteiger partial charge in [0.2, 0.25) is 15.9 Å². The van der Waals surface area contributed by atoms with Crippen LogP contribution in [0.5, 0.6) is 5.75 Å². The second-order valence-corrected chi connectivity index (χ2v) is 11.4. The Morgan fingerprint density at radius 2 is 1.81 bits per heavy atom. The van der Waals surface area contributed by atoms with Crippen molar-refractivity contribution in [1.29, 1.82) is 0 Å². The molecule has 1 amide bonds. The highest BCUT2D eigenvalue weighted by Gasteiger charge is 2.27. The van der Waals surface area contributed by atoms with Crippen LogP contribution in [0.3, 0.4) is 0 Å². The lowest BCUT2D eigenvalue weighted by Gasteiger charge is -2.15. The molecule has 10 nitrogen and oxygen atoms in total. The molecule has 12 heteroatoms. The van der Waals surface area contributed by atoms with Crippen LogP contribution in [-0.2, 0) is 21.2 Å². The number of thioether (sulfide) groups is 1. The van der Waals surface area contributed by atoms with E-state index in [1.807, 2.05) is 28.8 Å². The quantitative estimate of drug-likeness (QED) is 0.289. The van der Waals surface area contributed by atoms with E-state index in [-0.39, 0.29) is 22.3 Å². The number of benzene rings is 2. The normalized spacial score (nSPS) is 14.0. The molecule has 1 fully saturated rings. The summed E-state index contributed by atoms with van der Waals surface area (Å²) in [6.45, 7) is 2.91. The van der Waals surface area contributed by atoms with E-state index < -0.39 is 10.0 Å². The molecule has 0 unspecified atom stereocenters. The Morgan fingerprint density at radius 1 is 1.08 bits per heavy atom. The summed E-state index contributed by atoms with van der Waals surface area (Å²) in [5.41, 5.74) is 1.19. The number of aromatic nitrogens is 3. The second kappa shape index (κ2) is 11.9. The zero-order chi connectivity index (χ0) is 26.4. The van der Waals surface area contributed by atoms with Crippen LogP contribution in [0.4, 0.5) is 0 Å². The minimum atomic E-state index is -3.53. The lowest BCUT2D eigenvalue weighted by molar-refractivity contribution is -0.118. The van der Waals surface area contributed by atoms with Crippen molar-refractivity contribution < 1.29 is 22.7 Å². The van der Waals surface area contributed by atoms with Crippen LogP contribution in [0, 0.1) is 0 Å². The van der Waals surface area contributed by atoms with Crippen molar-refractivity contribution in [2.24, 2.45) is 0 Å². The molecule has 1 aromatic heterocycles. The maximum Gasteiger partial charge on any atom is 0.243 e. The Bertz CT molecular complexity index is 1370. The predicted octanol–water partition coefficient (Wildman–Crippen LogP) is 2.71. The first-order valence-electron chi connectivity index (χ1n) is 11.9. The van der Waals surface area contributed by atoms with Crippen LogP contribution in [0.25, 0.3) is 5.69 Å². The van der Waals surface area contributed by atoms with E-state index >= 15 is 0 Å². The average Bonchev–Trinajstić information content (AvgIpc) is 3.58. The van der Waals surface area contributed by atoms with E-state index in [4.69, 9.17) is 4.74 Å². The molecule has 1 aliphatic rings. The molecule has 2 aromatic carbocycles. The number of methoxy groups -OCH3 is 1. The topological polar surface area (TPSA) is 123 Å². The minimum Gasteiger partial charge on any atom is -0.497 e. The highest BCUT2D eigenvalue weighted by molar-refractivity contribution is 7.99. The summed E-state index contributed by atoms with van der Waals surface area (Å²) in [4.78, 5) is 24.4. The van der Waals surface area contributed by atoms with E-state index in [2.05, 4.69) is 15.5 Å². The number of rotatable bonds is 11. The van der Waals surface area contributed by atoms with Gasteiger partial charge in [-0.2, -0.15) is 4.31 Å². The van der Waals surface area contributed by atoms with Gasteiger partial charge in [-0.05, 0) is 37.1 Å². The molecule has 2 heterocycles.